The first-order valence-electron chi connectivity index (χ1n) is 15.4. The van der Waals surface area contributed by atoms with Crippen molar-refractivity contribution in [1.29, 1.82) is 0 Å². The van der Waals surface area contributed by atoms with Gasteiger partial charge in [0.2, 0.25) is 0 Å². The molecule has 0 aliphatic rings. The van der Waals surface area contributed by atoms with Crippen molar-refractivity contribution < 1.29 is 0 Å². The maximum absolute atomic E-state index is 2.39. The lowest BCUT2D eigenvalue weighted by molar-refractivity contribution is 1.62. The standard InChI is InChI=1S/C44H28S/c1-3-12-29(13-4-1)31-22-23-43-41(25-31)42-28-35(30-14-5-2-6-15-30)27-40(44(42)45-43)33-18-11-17-32(24-33)39-26-34-16-7-8-19-36(34)37-20-9-10-21-38(37)39/h1-28H. The van der Waals surface area contributed by atoms with E-state index in [0.717, 1.165) is 0 Å². The zero-order chi connectivity index (χ0) is 29.7. The Morgan fingerprint density at radius 1 is 0.289 bits per heavy atom. The SMILES string of the molecule is c1ccc(-c2ccc3sc4c(-c5cccc(-c6cc7ccccc7c7ccccc67)c5)cc(-c5ccccc5)cc4c3c2)cc1. The Morgan fingerprint density at radius 2 is 0.889 bits per heavy atom. The molecule has 8 aromatic carbocycles. The molecule has 0 aliphatic carbocycles. The number of hydrogen-bond acceptors (Lipinski definition) is 1. The summed E-state index contributed by atoms with van der Waals surface area (Å²) >= 11 is 1.90. The van der Waals surface area contributed by atoms with Crippen molar-refractivity contribution in [1.82, 2.24) is 0 Å². The van der Waals surface area contributed by atoms with E-state index in [9.17, 15) is 0 Å². The second-order valence-electron chi connectivity index (χ2n) is 11.7. The maximum Gasteiger partial charge on any atom is 0.0434 e. The van der Waals surface area contributed by atoms with Crippen LogP contribution in [0, 0.1) is 0 Å². The molecule has 0 N–H and O–H groups in total. The van der Waals surface area contributed by atoms with Gasteiger partial charge in [-0.3, -0.25) is 0 Å². The predicted molar refractivity (Wildman–Crippen MR) is 196 cm³/mol. The lowest BCUT2D eigenvalue weighted by atomic mass is 9.91. The van der Waals surface area contributed by atoms with E-state index in [4.69, 9.17) is 0 Å². The fraction of sp³-hybridized carbons (Fsp3) is 0. The Balaban J connectivity index is 1.29. The Bertz CT molecular complexity index is 2520. The zero-order valence-corrected chi connectivity index (χ0v) is 25.4. The Morgan fingerprint density at radius 3 is 1.67 bits per heavy atom. The van der Waals surface area contributed by atoms with Gasteiger partial charge in [0, 0.05) is 25.7 Å². The topological polar surface area (TPSA) is 0 Å². The highest BCUT2D eigenvalue weighted by Crippen LogP contribution is 2.45. The summed E-state index contributed by atoms with van der Waals surface area (Å²) in [5.74, 6) is 0. The molecule has 0 fully saturated rings. The number of rotatable bonds is 4. The molecule has 0 aliphatic heterocycles. The van der Waals surface area contributed by atoms with Gasteiger partial charge in [0.1, 0.15) is 0 Å². The minimum Gasteiger partial charge on any atom is -0.135 e. The van der Waals surface area contributed by atoms with Gasteiger partial charge in [-0.2, -0.15) is 0 Å². The van der Waals surface area contributed by atoms with Gasteiger partial charge in [-0.25, -0.2) is 0 Å². The van der Waals surface area contributed by atoms with Crippen molar-refractivity contribution in [2.45, 2.75) is 0 Å². The lowest BCUT2D eigenvalue weighted by Gasteiger charge is -2.13. The summed E-state index contributed by atoms with van der Waals surface area (Å²) in [7, 11) is 0. The summed E-state index contributed by atoms with van der Waals surface area (Å²) in [6.07, 6.45) is 0. The normalized spacial score (nSPS) is 11.6. The van der Waals surface area contributed by atoms with Crippen molar-refractivity contribution in [3.05, 3.63) is 170 Å². The highest BCUT2D eigenvalue weighted by molar-refractivity contribution is 7.26. The molecule has 0 atom stereocenters. The first kappa shape index (κ1) is 25.9. The summed E-state index contributed by atoms with van der Waals surface area (Å²) < 4.78 is 2.64. The average molecular weight is 589 g/mol. The third-order valence-corrected chi connectivity index (χ3v) is 10.3. The number of benzene rings is 8. The van der Waals surface area contributed by atoms with Crippen LogP contribution in [0.2, 0.25) is 0 Å². The Kier molecular flexibility index (Phi) is 6.11. The van der Waals surface area contributed by atoms with E-state index in [2.05, 4.69) is 170 Å². The minimum atomic E-state index is 1.23. The van der Waals surface area contributed by atoms with Crippen LogP contribution in [0.5, 0.6) is 0 Å². The molecule has 0 nitrogen and oxygen atoms in total. The lowest BCUT2D eigenvalue weighted by Crippen LogP contribution is -1.87. The van der Waals surface area contributed by atoms with Crippen LogP contribution in [0.3, 0.4) is 0 Å². The molecule has 0 amide bonds. The van der Waals surface area contributed by atoms with Crippen molar-refractivity contribution >= 4 is 53.1 Å². The van der Waals surface area contributed by atoms with Crippen molar-refractivity contribution in [3.8, 4) is 44.5 Å². The van der Waals surface area contributed by atoms with Gasteiger partial charge in [0.05, 0.1) is 0 Å². The molecule has 0 saturated heterocycles. The van der Waals surface area contributed by atoms with Gasteiger partial charge >= 0.3 is 0 Å². The monoisotopic (exact) mass is 588 g/mol. The van der Waals surface area contributed by atoms with E-state index >= 15 is 0 Å². The van der Waals surface area contributed by atoms with Crippen LogP contribution >= 0.6 is 11.3 Å². The number of fused-ring (bicyclic) bond motifs is 6. The molecular formula is C44H28S. The van der Waals surface area contributed by atoms with Crippen LogP contribution in [0.1, 0.15) is 0 Å². The number of thiophene rings is 1. The van der Waals surface area contributed by atoms with Crippen molar-refractivity contribution in [2.75, 3.05) is 0 Å². The van der Waals surface area contributed by atoms with Gasteiger partial charge in [-0.15, -0.1) is 11.3 Å². The molecule has 0 unspecified atom stereocenters. The molecule has 0 bridgehead atoms. The smallest absolute Gasteiger partial charge is 0.0434 e. The molecule has 0 saturated carbocycles. The van der Waals surface area contributed by atoms with Crippen LogP contribution in [0.15, 0.2) is 170 Å². The first-order valence-corrected chi connectivity index (χ1v) is 16.2. The van der Waals surface area contributed by atoms with Gasteiger partial charge in [0.15, 0.2) is 0 Å². The molecule has 0 radical (unpaired) electrons. The van der Waals surface area contributed by atoms with Gasteiger partial charge in [0.25, 0.3) is 0 Å². The van der Waals surface area contributed by atoms with Crippen molar-refractivity contribution in [2.24, 2.45) is 0 Å². The summed E-state index contributed by atoms with van der Waals surface area (Å²) in [5, 5.41) is 7.77. The Labute approximate surface area is 266 Å². The first-order chi connectivity index (χ1) is 22.3. The van der Waals surface area contributed by atoms with Crippen molar-refractivity contribution in [3.63, 3.8) is 0 Å². The molecule has 1 heterocycles. The largest absolute Gasteiger partial charge is 0.135 e. The number of hydrogen-bond donors (Lipinski definition) is 0. The second-order valence-corrected chi connectivity index (χ2v) is 12.8. The van der Waals surface area contributed by atoms with Crippen LogP contribution in [0.25, 0.3) is 86.2 Å². The van der Waals surface area contributed by atoms with Gasteiger partial charge < -0.3 is 0 Å². The molecule has 210 valence electrons. The van der Waals surface area contributed by atoms with E-state index in [-0.39, 0.29) is 0 Å². The molecule has 9 rings (SSSR count). The summed E-state index contributed by atoms with van der Waals surface area (Å²) in [4.78, 5) is 0. The predicted octanol–water partition coefficient (Wildman–Crippen LogP) is 13.0. The van der Waals surface area contributed by atoms with E-state index < -0.39 is 0 Å². The fourth-order valence-electron chi connectivity index (χ4n) is 6.85. The maximum atomic E-state index is 2.39. The van der Waals surface area contributed by atoms with Gasteiger partial charge in [-0.1, -0.05) is 133 Å². The van der Waals surface area contributed by atoms with Crippen LogP contribution in [-0.2, 0) is 0 Å². The third-order valence-electron chi connectivity index (χ3n) is 9.04. The quantitative estimate of drug-likeness (QED) is 0.179. The highest BCUT2D eigenvalue weighted by Gasteiger charge is 2.16. The van der Waals surface area contributed by atoms with E-state index in [1.165, 1.54) is 86.2 Å². The Hall–Kier alpha value is -5.50. The molecule has 45 heavy (non-hydrogen) atoms. The molecular weight excluding hydrogens is 561 g/mol. The molecule has 1 aromatic heterocycles. The van der Waals surface area contributed by atoms with E-state index in [0.29, 0.717) is 0 Å². The third kappa shape index (κ3) is 4.44. The van der Waals surface area contributed by atoms with E-state index in [1.807, 2.05) is 11.3 Å². The molecule has 0 spiro atoms. The minimum absolute atomic E-state index is 1.23. The average Bonchev–Trinajstić information content (AvgIpc) is 3.49. The second kappa shape index (κ2) is 10.6. The van der Waals surface area contributed by atoms with Gasteiger partial charge in [-0.05, 0) is 96.9 Å². The zero-order valence-electron chi connectivity index (χ0n) is 24.6. The summed E-state index contributed by atoms with van der Waals surface area (Å²) in [6.45, 7) is 0. The highest BCUT2D eigenvalue weighted by atomic mass is 32.1. The summed E-state index contributed by atoms with van der Waals surface area (Å²) in [6, 6.07) is 62.2. The van der Waals surface area contributed by atoms with Crippen LogP contribution in [0.4, 0.5) is 0 Å². The summed E-state index contributed by atoms with van der Waals surface area (Å²) in [5.41, 5.74) is 9.99. The van der Waals surface area contributed by atoms with Crippen LogP contribution in [-0.4, -0.2) is 0 Å². The van der Waals surface area contributed by atoms with Crippen LogP contribution < -0.4 is 0 Å². The van der Waals surface area contributed by atoms with E-state index in [1.54, 1.807) is 0 Å². The molecule has 9 aromatic rings. The fourth-order valence-corrected chi connectivity index (χ4v) is 8.05. The molecule has 1 heteroatoms.